The lowest BCUT2D eigenvalue weighted by Crippen LogP contribution is -2.48. The molecule has 0 spiro atoms. The molecule has 1 aliphatic rings. The molecule has 1 heterocycles. The van der Waals surface area contributed by atoms with Gasteiger partial charge in [0, 0.05) is 31.8 Å². The van der Waals surface area contributed by atoms with E-state index in [-0.39, 0.29) is 29.5 Å². The number of piperazine rings is 1. The third-order valence-corrected chi connectivity index (χ3v) is 6.45. The van der Waals surface area contributed by atoms with Crippen molar-refractivity contribution in [1.29, 1.82) is 0 Å². The number of nitro benzene ring substituents is 1. The molecule has 0 aromatic heterocycles. The number of rotatable bonds is 4. The summed E-state index contributed by atoms with van der Waals surface area (Å²) in [4.78, 5) is 10.3. The van der Waals surface area contributed by atoms with Gasteiger partial charge < -0.3 is 5.32 Å². The van der Waals surface area contributed by atoms with Crippen LogP contribution in [0.1, 0.15) is 17.2 Å². The number of hydrogen-bond acceptors (Lipinski definition) is 5. The van der Waals surface area contributed by atoms with E-state index in [4.69, 9.17) is 0 Å². The summed E-state index contributed by atoms with van der Waals surface area (Å²) in [5.74, 6) is -0.447. The number of non-ortho nitro benzene ring substituents is 1. The Morgan fingerprint density at radius 3 is 2.67 bits per heavy atom. The lowest BCUT2D eigenvalue weighted by atomic mass is 10.1. The van der Waals surface area contributed by atoms with Crippen molar-refractivity contribution >= 4 is 28.1 Å². The van der Waals surface area contributed by atoms with Crippen LogP contribution in [0, 0.1) is 22.9 Å². The van der Waals surface area contributed by atoms with Crippen LogP contribution in [0.4, 0.5) is 10.1 Å². The molecular weight excluding hydrogens is 397 g/mol. The molecular formula is C17H19ClFN3O4S. The molecule has 0 amide bonds. The van der Waals surface area contributed by atoms with Crippen molar-refractivity contribution in [2.45, 2.75) is 17.9 Å². The fourth-order valence-corrected chi connectivity index (χ4v) is 4.94. The van der Waals surface area contributed by atoms with Crippen LogP contribution in [0.25, 0.3) is 0 Å². The van der Waals surface area contributed by atoms with Crippen LogP contribution in [0.15, 0.2) is 47.4 Å². The standard InChI is InChI=1S/C17H18FN3O4S.ClH/c1-12-5-6-15(21(22)23)10-17(12)26(24,25)20-8-7-19-11-16(20)13-3-2-4-14(18)9-13;/h2-6,9-10,16,19H,7-8,11H2,1H3;1H. The van der Waals surface area contributed by atoms with E-state index in [2.05, 4.69) is 5.32 Å². The fourth-order valence-electron chi connectivity index (χ4n) is 3.08. The highest BCUT2D eigenvalue weighted by atomic mass is 35.5. The minimum Gasteiger partial charge on any atom is -0.313 e. The molecule has 2 aromatic rings. The monoisotopic (exact) mass is 415 g/mol. The first-order chi connectivity index (χ1) is 12.3. The van der Waals surface area contributed by atoms with E-state index >= 15 is 0 Å². The number of benzene rings is 2. The first-order valence-electron chi connectivity index (χ1n) is 8.04. The van der Waals surface area contributed by atoms with Crippen molar-refractivity contribution in [3.63, 3.8) is 0 Å². The van der Waals surface area contributed by atoms with E-state index in [0.29, 0.717) is 24.2 Å². The predicted octanol–water partition coefficient (Wildman–Crippen LogP) is 2.80. The molecule has 1 unspecified atom stereocenters. The lowest BCUT2D eigenvalue weighted by Gasteiger charge is -2.35. The Morgan fingerprint density at radius 1 is 1.26 bits per heavy atom. The van der Waals surface area contributed by atoms with Gasteiger partial charge in [-0.25, -0.2) is 12.8 Å². The maximum absolute atomic E-state index is 13.6. The van der Waals surface area contributed by atoms with Gasteiger partial charge >= 0.3 is 0 Å². The van der Waals surface area contributed by atoms with Gasteiger partial charge in [0.05, 0.1) is 15.9 Å². The normalized spacial score (nSPS) is 17.9. The minimum absolute atomic E-state index is 0. The van der Waals surface area contributed by atoms with Crippen LogP contribution in [-0.2, 0) is 10.0 Å². The van der Waals surface area contributed by atoms with Gasteiger partial charge in [-0.2, -0.15) is 4.31 Å². The third-order valence-electron chi connectivity index (χ3n) is 4.40. The SMILES string of the molecule is Cc1ccc([N+](=O)[O-])cc1S(=O)(=O)N1CCNCC1c1cccc(F)c1.Cl. The van der Waals surface area contributed by atoms with E-state index in [1.165, 1.54) is 34.6 Å². The molecule has 10 heteroatoms. The molecule has 1 fully saturated rings. The quantitative estimate of drug-likeness (QED) is 0.612. The number of sulfonamides is 1. The van der Waals surface area contributed by atoms with Crippen LogP contribution in [-0.4, -0.2) is 37.3 Å². The zero-order chi connectivity index (χ0) is 18.9. The van der Waals surface area contributed by atoms with Gasteiger partial charge in [0.2, 0.25) is 10.0 Å². The van der Waals surface area contributed by atoms with Gasteiger partial charge in [-0.3, -0.25) is 10.1 Å². The van der Waals surface area contributed by atoms with Crippen molar-refractivity contribution < 1.29 is 17.7 Å². The number of halogens is 2. The Balaban J connectivity index is 0.00000261. The van der Waals surface area contributed by atoms with E-state index in [1.807, 2.05) is 0 Å². The molecule has 0 bridgehead atoms. The predicted molar refractivity (Wildman–Crippen MR) is 101 cm³/mol. The van der Waals surface area contributed by atoms with Crippen molar-refractivity contribution in [1.82, 2.24) is 9.62 Å². The van der Waals surface area contributed by atoms with Crippen molar-refractivity contribution in [2.75, 3.05) is 19.6 Å². The van der Waals surface area contributed by atoms with Crippen molar-refractivity contribution in [2.24, 2.45) is 0 Å². The summed E-state index contributed by atoms with van der Waals surface area (Å²) in [5, 5.41) is 14.2. The summed E-state index contributed by atoms with van der Waals surface area (Å²) in [6.45, 7) is 2.55. The van der Waals surface area contributed by atoms with Crippen LogP contribution >= 0.6 is 12.4 Å². The Kier molecular flexibility index (Phi) is 6.53. The first-order valence-corrected chi connectivity index (χ1v) is 9.48. The van der Waals surface area contributed by atoms with E-state index < -0.39 is 26.8 Å². The highest BCUT2D eigenvalue weighted by molar-refractivity contribution is 7.89. The number of hydrogen-bond donors (Lipinski definition) is 1. The summed E-state index contributed by atoms with van der Waals surface area (Å²) >= 11 is 0. The van der Waals surface area contributed by atoms with Crippen LogP contribution in [0.3, 0.4) is 0 Å². The zero-order valence-electron chi connectivity index (χ0n) is 14.5. The van der Waals surface area contributed by atoms with Crippen LogP contribution in [0.5, 0.6) is 0 Å². The summed E-state index contributed by atoms with van der Waals surface area (Å²) < 4.78 is 41.4. The number of nitrogens with one attached hydrogen (secondary N) is 1. The smallest absolute Gasteiger partial charge is 0.270 e. The summed E-state index contributed by atoms with van der Waals surface area (Å²) in [6.07, 6.45) is 0. The van der Waals surface area contributed by atoms with Gasteiger partial charge in [0.1, 0.15) is 5.82 Å². The highest BCUT2D eigenvalue weighted by Gasteiger charge is 2.36. The summed E-state index contributed by atoms with van der Waals surface area (Å²) in [5.41, 5.74) is 0.669. The molecule has 0 saturated carbocycles. The molecule has 1 aliphatic heterocycles. The fraction of sp³-hybridized carbons (Fsp3) is 0.294. The number of nitrogens with zero attached hydrogens (tertiary/aromatic N) is 2. The maximum atomic E-state index is 13.6. The topological polar surface area (TPSA) is 92.5 Å². The van der Waals surface area contributed by atoms with Gasteiger partial charge in [0.25, 0.3) is 5.69 Å². The van der Waals surface area contributed by atoms with Gasteiger partial charge in [-0.15, -0.1) is 12.4 Å². The third kappa shape index (κ3) is 4.27. The number of aryl methyl sites for hydroxylation is 1. The molecule has 0 aliphatic carbocycles. The minimum atomic E-state index is -3.99. The molecule has 2 aromatic carbocycles. The highest BCUT2D eigenvalue weighted by Crippen LogP contribution is 2.32. The summed E-state index contributed by atoms with van der Waals surface area (Å²) in [7, 11) is -3.99. The Morgan fingerprint density at radius 2 is 2.00 bits per heavy atom. The van der Waals surface area contributed by atoms with Crippen molar-refractivity contribution in [3.8, 4) is 0 Å². The lowest BCUT2D eigenvalue weighted by molar-refractivity contribution is -0.385. The Labute approximate surface area is 162 Å². The van der Waals surface area contributed by atoms with Crippen molar-refractivity contribution in [3.05, 3.63) is 69.5 Å². The average molecular weight is 416 g/mol. The second-order valence-electron chi connectivity index (χ2n) is 6.10. The molecule has 0 radical (unpaired) electrons. The summed E-state index contributed by atoms with van der Waals surface area (Å²) in [6, 6.07) is 8.98. The second-order valence-corrected chi connectivity index (χ2v) is 7.96. The van der Waals surface area contributed by atoms with Crippen LogP contribution in [0.2, 0.25) is 0 Å². The second kappa shape index (κ2) is 8.30. The largest absolute Gasteiger partial charge is 0.313 e. The maximum Gasteiger partial charge on any atom is 0.270 e. The molecule has 7 nitrogen and oxygen atoms in total. The van der Waals surface area contributed by atoms with Gasteiger partial charge in [0.15, 0.2) is 0 Å². The van der Waals surface area contributed by atoms with E-state index in [1.54, 1.807) is 13.0 Å². The molecule has 27 heavy (non-hydrogen) atoms. The number of nitro groups is 1. The van der Waals surface area contributed by atoms with Crippen LogP contribution < -0.4 is 5.32 Å². The molecule has 1 saturated heterocycles. The molecule has 146 valence electrons. The van der Waals surface area contributed by atoms with Gasteiger partial charge in [-0.05, 0) is 30.2 Å². The first kappa shape index (κ1) is 21.2. The molecule has 1 atom stereocenters. The Hall–Kier alpha value is -2.07. The molecule has 1 N–H and O–H groups in total. The van der Waals surface area contributed by atoms with E-state index in [9.17, 15) is 22.9 Å². The zero-order valence-corrected chi connectivity index (χ0v) is 16.1. The van der Waals surface area contributed by atoms with E-state index in [0.717, 1.165) is 6.07 Å². The Bertz CT molecular complexity index is 955. The van der Waals surface area contributed by atoms with Gasteiger partial charge in [-0.1, -0.05) is 18.2 Å². The average Bonchev–Trinajstić information content (AvgIpc) is 2.61. The molecule has 3 rings (SSSR count).